The summed E-state index contributed by atoms with van der Waals surface area (Å²) in [6, 6.07) is 49.5. The van der Waals surface area contributed by atoms with Crippen molar-refractivity contribution in [1.29, 1.82) is 0 Å². The molecule has 1 aliphatic rings. The maximum atomic E-state index is 6.10. The molecule has 4 nitrogen and oxygen atoms in total. The molecule has 5 heteroatoms. The minimum Gasteiger partial charge on any atom is -0.439 e. The second kappa shape index (κ2) is 16.4. The Balaban J connectivity index is 0.000000175. The number of anilines is 1. The third-order valence-corrected chi connectivity index (χ3v) is 10.0. The zero-order valence-corrected chi connectivity index (χ0v) is 30.0. The van der Waals surface area contributed by atoms with E-state index >= 15 is 0 Å². The van der Waals surface area contributed by atoms with Crippen molar-refractivity contribution >= 4 is 45.4 Å². The zero-order chi connectivity index (χ0) is 34.8. The van der Waals surface area contributed by atoms with Crippen LogP contribution in [-0.4, -0.2) is 12.7 Å². The molecule has 6 aromatic rings. The first-order chi connectivity index (χ1) is 24.6. The molecule has 0 radical (unpaired) electrons. The Bertz CT molecular complexity index is 1940. The largest absolute Gasteiger partial charge is 0.439 e. The van der Waals surface area contributed by atoms with Gasteiger partial charge in [-0.25, -0.2) is 0 Å². The van der Waals surface area contributed by atoms with Gasteiger partial charge in [-0.05, 0) is 44.0 Å². The molecule has 0 aliphatic carbocycles. The highest BCUT2D eigenvalue weighted by Gasteiger charge is 2.29. The van der Waals surface area contributed by atoms with Gasteiger partial charge < -0.3 is 14.1 Å². The first-order valence-corrected chi connectivity index (χ1v) is 18.3. The lowest BCUT2D eigenvalue weighted by atomic mass is 9.14. The van der Waals surface area contributed by atoms with Crippen molar-refractivity contribution < 1.29 is 13.7 Å². The maximum Gasteiger partial charge on any atom is 0.374 e. The molecule has 0 N–H and O–H groups in total. The number of aryl methyl sites for hydroxylation is 1. The Morgan fingerprint density at radius 1 is 0.680 bits per heavy atom. The molecular weight excluding hydrogens is 611 g/mol. The number of ether oxygens (including phenoxy) is 1. The number of benzene rings is 5. The number of hydrogen-bond acceptors (Lipinski definition) is 3. The number of unbranched alkanes of at least 4 members (excludes halogenated alkanes) is 1. The van der Waals surface area contributed by atoms with E-state index in [1.807, 2.05) is 36.4 Å². The second-order valence-electron chi connectivity index (χ2n) is 12.9. The SMILES string of the molecule is CCC(/C=C1\Oc2ccccc2N1CC)=C\c1oc2ccccc2[n+]1CC.CCCC[B-](c1ccccc1)(c1ccccc1)c1ccccc1. The zero-order valence-electron chi connectivity index (χ0n) is 30.0. The van der Waals surface area contributed by atoms with Gasteiger partial charge in [0.2, 0.25) is 11.5 Å². The van der Waals surface area contributed by atoms with E-state index in [9.17, 15) is 0 Å². The molecule has 1 aliphatic heterocycles. The molecule has 0 unspecified atom stereocenters. The summed E-state index contributed by atoms with van der Waals surface area (Å²) < 4.78 is 14.4. The van der Waals surface area contributed by atoms with Gasteiger partial charge in [0.05, 0.1) is 17.9 Å². The van der Waals surface area contributed by atoms with E-state index in [-0.39, 0.29) is 0 Å². The van der Waals surface area contributed by atoms with Crippen molar-refractivity contribution in [3.05, 3.63) is 163 Å². The minimum absolute atomic E-state index is 0.861. The molecule has 0 saturated carbocycles. The monoisotopic (exact) mass is 660 g/mol. The maximum absolute atomic E-state index is 6.10. The Labute approximate surface area is 298 Å². The van der Waals surface area contributed by atoms with Crippen LogP contribution in [0.15, 0.2) is 161 Å². The number of para-hydroxylation sites is 4. The van der Waals surface area contributed by atoms with E-state index in [1.54, 1.807) is 0 Å². The molecule has 5 aromatic carbocycles. The third-order valence-electron chi connectivity index (χ3n) is 10.0. The van der Waals surface area contributed by atoms with Crippen LogP contribution in [0.1, 0.15) is 52.8 Å². The Kier molecular flexibility index (Phi) is 11.3. The highest BCUT2D eigenvalue weighted by Crippen LogP contribution is 2.39. The van der Waals surface area contributed by atoms with E-state index in [4.69, 9.17) is 9.15 Å². The summed E-state index contributed by atoms with van der Waals surface area (Å²) in [6.07, 6.45) is 7.86. The average Bonchev–Trinajstić information content (AvgIpc) is 3.73. The Morgan fingerprint density at radius 3 is 1.80 bits per heavy atom. The smallest absolute Gasteiger partial charge is 0.374 e. The quantitative estimate of drug-likeness (QED) is 0.103. The van der Waals surface area contributed by atoms with E-state index < -0.39 is 6.15 Å². The van der Waals surface area contributed by atoms with Crippen molar-refractivity contribution in [2.75, 3.05) is 11.4 Å². The predicted octanol–water partition coefficient (Wildman–Crippen LogP) is 9.25. The third kappa shape index (κ3) is 7.18. The number of hydrogen-bond donors (Lipinski definition) is 0. The average molecular weight is 661 g/mol. The predicted molar refractivity (Wildman–Crippen MR) is 212 cm³/mol. The second-order valence-corrected chi connectivity index (χ2v) is 12.9. The van der Waals surface area contributed by atoms with Crippen LogP contribution in [0.25, 0.3) is 17.2 Å². The number of allylic oxidation sites excluding steroid dienone is 2. The normalized spacial score (nSPS) is 13.6. The Hall–Kier alpha value is -5.29. The van der Waals surface area contributed by atoms with Crippen LogP contribution in [0.3, 0.4) is 0 Å². The van der Waals surface area contributed by atoms with Gasteiger partial charge in [0.1, 0.15) is 6.54 Å². The summed E-state index contributed by atoms with van der Waals surface area (Å²) in [5.41, 5.74) is 8.64. The molecule has 50 heavy (non-hydrogen) atoms. The molecule has 0 amide bonds. The van der Waals surface area contributed by atoms with Gasteiger partial charge in [-0.15, -0.1) is 0 Å². The van der Waals surface area contributed by atoms with E-state index in [0.29, 0.717) is 0 Å². The van der Waals surface area contributed by atoms with Crippen molar-refractivity contribution in [2.45, 2.75) is 59.8 Å². The summed E-state index contributed by atoms with van der Waals surface area (Å²) in [6.45, 7) is 10.4. The van der Waals surface area contributed by atoms with Crippen LogP contribution in [-0.2, 0) is 6.54 Å². The molecule has 0 saturated heterocycles. The standard InChI is InChI=1S/C23H25N2O2.C22H24B/c1-4-17(15-22-24(5-2)18-11-7-9-13-20(18)26-22)16-23-25(6-3)19-12-8-10-14-21(19)27-23;1-2-3-19-23(20-13-7-4-8-14-20,21-15-9-5-10-16-21)22-17-11-6-12-18-22/h7-16H,4-6H2,1-3H3;4-18H,2-3,19H2,1H3/q+1;-1. The van der Waals surface area contributed by atoms with E-state index in [0.717, 1.165) is 59.4 Å². The number of nitrogens with zero attached hydrogens (tertiary/aromatic N) is 2. The lowest BCUT2D eigenvalue weighted by Gasteiger charge is -2.43. The summed E-state index contributed by atoms with van der Waals surface area (Å²) in [4.78, 5) is 2.20. The summed E-state index contributed by atoms with van der Waals surface area (Å²) in [5.74, 6) is 2.64. The van der Waals surface area contributed by atoms with Crippen LogP contribution in [0, 0.1) is 0 Å². The molecule has 0 bridgehead atoms. The summed E-state index contributed by atoms with van der Waals surface area (Å²) in [5, 5.41) is 0. The number of rotatable bonds is 11. The number of fused-ring (bicyclic) bond motifs is 2. The van der Waals surface area contributed by atoms with Gasteiger partial charge in [0.15, 0.2) is 5.75 Å². The molecule has 2 heterocycles. The fraction of sp³-hybridized carbons (Fsp3) is 0.222. The van der Waals surface area contributed by atoms with Crippen molar-refractivity contribution in [2.24, 2.45) is 0 Å². The van der Waals surface area contributed by atoms with Gasteiger partial charge in [-0.3, -0.25) is 0 Å². The van der Waals surface area contributed by atoms with Gasteiger partial charge >= 0.3 is 5.89 Å². The van der Waals surface area contributed by atoms with E-state index in [1.165, 1.54) is 35.6 Å². The molecule has 7 rings (SSSR count). The van der Waals surface area contributed by atoms with Crippen LogP contribution in [0.4, 0.5) is 5.69 Å². The molecule has 0 atom stereocenters. The van der Waals surface area contributed by atoms with Gasteiger partial charge in [-0.2, -0.15) is 27.3 Å². The lowest BCUT2D eigenvalue weighted by molar-refractivity contribution is -0.674. The first kappa shape index (κ1) is 34.6. The van der Waals surface area contributed by atoms with Gasteiger partial charge in [0, 0.05) is 18.7 Å². The molecule has 1 aromatic heterocycles. The highest BCUT2D eigenvalue weighted by molar-refractivity contribution is 7.11. The summed E-state index contributed by atoms with van der Waals surface area (Å²) in [7, 11) is 0. The van der Waals surface area contributed by atoms with Crippen molar-refractivity contribution in [1.82, 2.24) is 0 Å². The van der Waals surface area contributed by atoms with Crippen molar-refractivity contribution in [3.63, 3.8) is 0 Å². The van der Waals surface area contributed by atoms with Crippen LogP contribution < -0.4 is 30.6 Å². The van der Waals surface area contributed by atoms with Crippen LogP contribution in [0.2, 0.25) is 6.32 Å². The van der Waals surface area contributed by atoms with Gasteiger partial charge in [-0.1, -0.05) is 142 Å². The fourth-order valence-corrected chi connectivity index (χ4v) is 7.47. The van der Waals surface area contributed by atoms with Crippen LogP contribution >= 0.6 is 0 Å². The summed E-state index contributed by atoms with van der Waals surface area (Å²) >= 11 is 0. The molecule has 0 fully saturated rings. The minimum atomic E-state index is -0.913. The fourth-order valence-electron chi connectivity index (χ4n) is 7.47. The first-order valence-electron chi connectivity index (χ1n) is 18.3. The number of oxazole rings is 1. The molecular formula is C45H49BN2O2. The van der Waals surface area contributed by atoms with Crippen LogP contribution in [0.5, 0.6) is 5.75 Å². The topological polar surface area (TPSA) is 29.5 Å². The molecule has 0 spiro atoms. The lowest BCUT2D eigenvalue weighted by Crippen LogP contribution is -2.66. The molecule has 254 valence electrons. The van der Waals surface area contributed by atoms with E-state index in [2.05, 4.69) is 152 Å². The van der Waals surface area contributed by atoms with Crippen molar-refractivity contribution in [3.8, 4) is 5.75 Å². The Morgan fingerprint density at radius 2 is 1.24 bits per heavy atom. The highest BCUT2D eigenvalue weighted by atomic mass is 16.5. The number of aromatic nitrogens is 1. The van der Waals surface area contributed by atoms with Gasteiger partial charge in [0.25, 0.3) is 5.52 Å².